The van der Waals surface area contributed by atoms with Crippen molar-refractivity contribution in [3.63, 3.8) is 0 Å². The zero-order valence-corrected chi connectivity index (χ0v) is 12.8. The van der Waals surface area contributed by atoms with Gasteiger partial charge in [-0.2, -0.15) is 0 Å². The number of aromatic hydroxyl groups is 1. The van der Waals surface area contributed by atoms with Crippen LogP contribution in [0, 0.1) is 0 Å². The summed E-state index contributed by atoms with van der Waals surface area (Å²) in [6.45, 7) is 0. The van der Waals surface area contributed by atoms with Gasteiger partial charge in [-0.25, -0.2) is 4.98 Å². The van der Waals surface area contributed by atoms with Crippen molar-refractivity contribution in [1.82, 2.24) is 9.97 Å². The molecule has 0 unspecified atom stereocenters. The van der Waals surface area contributed by atoms with Crippen LogP contribution >= 0.6 is 0 Å². The van der Waals surface area contributed by atoms with Crippen molar-refractivity contribution in [3.05, 3.63) is 79.0 Å². The van der Waals surface area contributed by atoms with E-state index in [0.717, 1.165) is 5.56 Å². The summed E-state index contributed by atoms with van der Waals surface area (Å²) in [5, 5.41) is 10.1. The van der Waals surface area contributed by atoms with Crippen LogP contribution in [0.15, 0.2) is 83.4 Å². The third-order valence-corrected chi connectivity index (χ3v) is 3.71. The highest BCUT2D eigenvalue weighted by Gasteiger charge is 2.20. The number of hydrogen-bond acceptors (Lipinski definition) is 4. The Bertz CT molecular complexity index is 906. The first kappa shape index (κ1) is 14.2. The van der Waals surface area contributed by atoms with Gasteiger partial charge in [0.25, 0.3) is 0 Å². The Kier molecular flexibility index (Phi) is 3.56. The summed E-state index contributed by atoms with van der Waals surface area (Å²) in [7, 11) is 0. The Morgan fingerprint density at radius 3 is 2.29 bits per heavy atom. The van der Waals surface area contributed by atoms with Crippen LogP contribution in [0.1, 0.15) is 0 Å². The van der Waals surface area contributed by atoms with E-state index in [1.54, 1.807) is 24.4 Å². The van der Waals surface area contributed by atoms with Crippen LogP contribution in [0.25, 0.3) is 34.2 Å². The van der Waals surface area contributed by atoms with Gasteiger partial charge in [0.1, 0.15) is 17.1 Å². The molecule has 0 saturated carbocycles. The van der Waals surface area contributed by atoms with Gasteiger partial charge in [-0.3, -0.25) is 4.98 Å². The summed E-state index contributed by atoms with van der Waals surface area (Å²) in [5.74, 6) is 1.08. The SMILES string of the molecule is Oc1ccccc1-c1nc(-c2ccccc2)c(-c2ccccn2)o1. The maximum atomic E-state index is 10.1. The van der Waals surface area contributed by atoms with E-state index in [0.29, 0.717) is 28.6 Å². The molecule has 2 heterocycles. The molecule has 4 heteroatoms. The molecule has 0 fully saturated rings. The molecule has 0 aliphatic carbocycles. The lowest BCUT2D eigenvalue weighted by atomic mass is 10.1. The van der Waals surface area contributed by atoms with E-state index in [2.05, 4.69) is 9.97 Å². The molecule has 2 aromatic carbocycles. The largest absolute Gasteiger partial charge is 0.507 e. The summed E-state index contributed by atoms with van der Waals surface area (Å²) >= 11 is 0. The molecule has 2 aromatic heterocycles. The quantitative estimate of drug-likeness (QED) is 0.591. The molecule has 0 aliphatic rings. The van der Waals surface area contributed by atoms with Gasteiger partial charge in [0, 0.05) is 11.8 Å². The molecular formula is C20H14N2O2. The topological polar surface area (TPSA) is 59.2 Å². The van der Waals surface area contributed by atoms with Gasteiger partial charge in [0.15, 0.2) is 5.76 Å². The normalized spacial score (nSPS) is 10.7. The van der Waals surface area contributed by atoms with Gasteiger partial charge in [-0.15, -0.1) is 0 Å². The minimum atomic E-state index is 0.130. The van der Waals surface area contributed by atoms with Crippen molar-refractivity contribution in [3.8, 4) is 39.9 Å². The predicted octanol–water partition coefficient (Wildman–Crippen LogP) is 4.78. The number of phenolic OH excluding ortho intramolecular Hbond substituents is 1. The van der Waals surface area contributed by atoms with Gasteiger partial charge in [-0.05, 0) is 24.3 Å². The molecular weight excluding hydrogens is 300 g/mol. The lowest BCUT2D eigenvalue weighted by Crippen LogP contribution is -1.84. The summed E-state index contributed by atoms with van der Waals surface area (Å²) in [6, 6.07) is 22.4. The van der Waals surface area contributed by atoms with E-state index in [9.17, 15) is 5.11 Å². The number of pyridine rings is 1. The van der Waals surface area contributed by atoms with Crippen molar-refractivity contribution < 1.29 is 9.52 Å². The molecule has 0 radical (unpaired) electrons. The summed E-state index contributed by atoms with van der Waals surface area (Å²) in [4.78, 5) is 8.99. The maximum absolute atomic E-state index is 10.1. The molecule has 116 valence electrons. The Morgan fingerprint density at radius 2 is 1.54 bits per heavy atom. The summed E-state index contributed by atoms with van der Waals surface area (Å²) in [6.07, 6.45) is 1.71. The van der Waals surface area contributed by atoms with Crippen LogP contribution < -0.4 is 0 Å². The lowest BCUT2D eigenvalue weighted by Gasteiger charge is -2.00. The molecule has 0 spiro atoms. The van der Waals surface area contributed by atoms with Crippen molar-refractivity contribution in [2.75, 3.05) is 0 Å². The monoisotopic (exact) mass is 314 g/mol. The van der Waals surface area contributed by atoms with Gasteiger partial charge in [-0.1, -0.05) is 48.5 Å². The van der Waals surface area contributed by atoms with Crippen LogP contribution in [0.5, 0.6) is 5.75 Å². The third kappa shape index (κ3) is 2.54. The first-order chi connectivity index (χ1) is 11.8. The standard InChI is InChI=1S/C20H14N2O2/c23-17-12-5-4-10-15(17)20-22-18(14-8-2-1-3-9-14)19(24-20)16-11-6-7-13-21-16/h1-13,23H. The van der Waals surface area contributed by atoms with E-state index in [1.165, 1.54) is 0 Å². The van der Waals surface area contributed by atoms with Crippen LogP contribution in [0.3, 0.4) is 0 Å². The zero-order valence-electron chi connectivity index (χ0n) is 12.8. The molecule has 4 nitrogen and oxygen atoms in total. The smallest absolute Gasteiger partial charge is 0.231 e. The Morgan fingerprint density at radius 1 is 0.792 bits per heavy atom. The molecule has 1 N–H and O–H groups in total. The van der Waals surface area contributed by atoms with Crippen molar-refractivity contribution in [2.45, 2.75) is 0 Å². The minimum absolute atomic E-state index is 0.130. The number of benzene rings is 2. The number of rotatable bonds is 3. The third-order valence-electron chi connectivity index (χ3n) is 3.71. The van der Waals surface area contributed by atoms with Crippen molar-refractivity contribution in [1.29, 1.82) is 0 Å². The van der Waals surface area contributed by atoms with E-state index < -0.39 is 0 Å². The fourth-order valence-electron chi connectivity index (χ4n) is 2.55. The van der Waals surface area contributed by atoms with E-state index in [4.69, 9.17) is 4.42 Å². The summed E-state index contributed by atoms with van der Waals surface area (Å²) in [5.41, 5.74) is 2.89. The molecule has 4 aromatic rings. The van der Waals surface area contributed by atoms with E-state index >= 15 is 0 Å². The molecule has 0 saturated heterocycles. The minimum Gasteiger partial charge on any atom is -0.507 e. The van der Waals surface area contributed by atoms with Gasteiger partial charge < -0.3 is 9.52 Å². The van der Waals surface area contributed by atoms with Crippen molar-refractivity contribution >= 4 is 0 Å². The Balaban J connectivity index is 1.94. The van der Waals surface area contributed by atoms with Crippen LogP contribution in [0.2, 0.25) is 0 Å². The number of aromatic nitrogens is 2. The Labute approximate surface area is 139 Å². The fraction of sp³-hybridized carbons (Fsp3) is 0. The maximum Gasteiger partial charge on any atom is 0.231 e. The molecule has 0 amide bonds. The zero-order chi connectivity index (χ0) is 16.4. The van der Waals surface area contributed by atoms with Crippen LogP contribution in [0.4, 0.5) is 0 Å². The first-order valence-corrected chi connectivity index (χ1v) is 7.59. The van der Waals surface area contributed by atoms with Gasteiger partial charge >= 0.3 is 0 Å². The van der Waals surface area contributed by atoms with Crippen molar-refractivity contribution in [2.24, 2.45) is 0 Å². The first-order valence-electron chi connectivity index (χ1n) is 7.59. The number of para-hydroxylation sites is 1. The number of hydrogen-bond donors (Lipinski definition) is 1. The highest BCUT2D eigenvalue weighted by molar-refractivity contribution is 5.78. The van der Waals surface area contributed by atoms with Crippen LogP contribution in [-0.2, 0) is 0 Å². The van der Waals surface area contributed by atoms with E-state index in [-0.39, 0.29) is 5.75 Å². The van der Waals surface area contributed by atoms with Gasteiger partial charge in [0.2, 0.25) is 5.89 Å². The highest BCUT2D eigenvalue weighted by Crippen LogP contribution is 2.37. The second kappa shape index (κ2) is 6.01. The lowest BCUT2D eigenvalue weighted by molar-refractivity contribution is 0.473. The number of phenols is 1. The predicted molar refractivity (Wildman–Crippen MR) is 92.3 cm³/mol. The highest BCUT2D eigenvalue weighted by atomic mass is 16.4. The summed E-state index contributed by atoms with van der Waals surface area (Å²) < 4.78 is 5.99. The van der Waals surface area contributed by atoms with E-state index in [1.807, 2.05) is 54.6 Å². The van der Waals surface area contributed by atoms with Gasteiger partial charge in [0.05, 0.1) is 5.56 Å². The molecule has 24 heavy (non-hydrogen) atoms. The number of oxazole rings is 1. The average molecular weight is 314 g/mol. The molecule has 0 atom stereocenters. The molecule has 0 aliphatic heterocycles. The Hall–Kier alpha value is -3.40. The fourth-order valence-corrected chi connectivity index (χ4v) is 2.55. The average Bonchev–Trinajstić information content (AvgIpc) is 3.09. The number of nitrogens with zero attached hydrogens (tertiary/aromatic N) is 2. The second-order valence-corrected chi connectivity index (χ2v) is 5.29. The molecule has 0 bridgehead atoms. The molecule has 4 rings (SSSR count). The van der Waals surface area contributed by atoms with Crippen LogP contribution in [-0.4, -0.2) is 15.1 Å². The second-order valence-electron chi connectivity index (χ2n) is 5.29.